The number of hydrogen-bond donors (Lipinski definition) is 1. The second kappa shape index (κ2) is 9.83. The first kappa shape index (κ1) is 22.5. The van der Waals surface area contributed by atoms with Crippen molar-refractivity contribution in [2.75, 3.05) is 20.8 Å². The molecule has 33 heavy (non-hydrogen) atoms. The van der Waals surface area contributed by atoms with E-state index in [4.69, 9.17) is 26.1 Å². The third-order valence-corrected chi connectivity index (χ3v) is 5.84. The van der Waals surface area contributed by atoms with E-state index in [0.29, 0.717) is 28.7 Å². The van der Waals surface area contributed by atoms with Gasteiger partial charge in [-0.05, 0) is 48.6 Å². The molecule has 1 aliphatic heterocycles. The number of carbonyl (C=O) groups is 2. The number of hydrogen-bond acceptors (Lipinski definition) is 7. The summed E-state index contributed by atoms with van der Waals surface area (Å²) in [7, 11) is 2.71. The zero-order chi connectivity index (χ0) is 23.4. The van der Waals surface area contributed by atoms with Gasteiger partial charge in [0.2, 0.25) is 0 Å². The quantitative estimate of drug-likeness (QED) is 0.414. The van der Waals surface area contributed by atoms with Gasteiger partial charge in [-0.25, -0.2) is 4.79 Å². The molecule has 1 N–H and O–H groups in total. The molecule has 3 heterocycles. The number of pyridine rings is 1. The molecule has 0 radical (unpaired) electrons. The molecule has 4 rings (SSSR count). The summed E-state index contributed by atoms with van der Waals surface area (Å²) in [5.41, 5.74) is 2.09. The minimum atomic E-state index is -0.397. The van der Waals surface area contributed by atoms with Crippen molar-refractivity contribution in [1.29, 1.82) is 0 Å². The van der Waals surface area contributed by atoms with Crippen LogP contribution in [0.4, 0.5) is 0 Å². The number of rotatable bonds is 7. The van der Waals surface area contributed by atoms with Crippen molar-refractivity contribution in [3.8, 4) is 11.3 Å². The summed E-state index contributed by atoms with van der Waals surface area (Å²) >= 11 is 5.58. The molecular formula is C24H23N3O5S. The standard InChI is InChI=1S/C24H23N3O5S/c1-30-20(28)12-14-27-22(21(26-24(27)33)17-5-3-4-13-25-17)19-11-10-18(32-19)15-6-8-16(9-7-15)23(29)31-2/h3-11,13,21-22H,12,14H2,1-2H3,(H,26,33). The van der Waals surface area contributed by atoms with Gasteiger partial charge in [0.05, 0.1) is 37.9 Å². The van der Waals surface area contributed by atoms with Crippen LogP contribution in [0.2, 0.25) is 0 Å². The number of carbonyl (C=O) groups excluding carboxylic acids is 2. The lowest BCUT2D eigenvalue weighted by atomic mass is 10.0. The second-order valence-corrected chi connectivity index (χ2v) is 7.80. The molecule has 0 saturated carbocycles. The molecule has 1 aliphatic rings. The Hall–Kier alpha value is -3.72. The number of nitrogens with zero attached hydrogens (tertiary/aromatic N) is 2. The minimum absolute atomic E-state index is 0.187. The van der Waals surface area contributed by atoms with Crippen LogP contribution in [0.1, 0.15) is 40.3 Å². The van der Waals surface area contributed by atoms with E-state index in [0.717, 1.165) is 11.3 Å². The highest BCUT2D eigenvalue weighted by Gasteiger charge is 2.41. The molecule has 1 fully saturated rings. The Morgan fingerprint density at radius 2 is 1.88 bits per heavy atom. The fourth-order valence-electron chi connectivity index (χ4n) is 3.82. The van der Waals surface area contributed by atoms with Gasteiger partial charge in [-0.3, -0.25) is 9.78 Å². The van der Waals surface area contributed by atoms with Crippen LogP contribution in [0, 0.1) is 0 Å². The van der Waals surface area contributed by atoms with Gasteiger partial charge in [0.15, 0.2) is 5.11 Å². The van der Waals surface area contributed by atoms with Gasteiger partial charge in [-0.2, -0.15) is 0 Å². The van der Waals surface area contributed by atoms with E-state index >= 15 is 0 Å². The van der Waals surface area contributed by atoms with Gasteiger partial charge in [0, 0.05) is 18.3 Å². The Bertz CT molecular complexity index is 1150. The number of aromatic nitrogens is 1. The van der Waals surface area contributed by atoms with E-state index in [1.54, 1.807) is 30.5 Å². The fourth-order valence-corrected chi connectivity index (χ4v) is 4.16. The van der Waals surface area contributed by atoms with Crippen LogP contribution in [0.15, 0.2) is 65.2 Å². The van der Waals surface area contributed by atoms with Crippen molar-refractivity contribution in [3.63, 3.8) is 0 Å². The van der Waals surface area contributed by atoms with Gasteiger partial charge >= 0.3 is 11.9 Å². The van der Waals surface area contributed by atoms with Crippen LogP contribution in [-0.4, -0.2) is 47.7 Å². The number of furan rings is 1. The molecule has 2 unspecified atom stereocenters. The topological polar surface area (TPSA) is 93.9 Å². The number of esters is 2. The summed E-state index contributed by atoms with van der Waals surface area (Å²) in [6, 6.07) is 15.9. The molecule has 170 valence electrons. The Morgan fingerprint density at radius 3 is 2.55 bits per heavy atom. The number of methoxy groups -OCH3 is 2. The highest BCUT2D eigenvalue weighted by molar-refractivity contribution is 7.80. The lowest BCUT2D eigenvalue weighted by Gasteiger charge is -2.25. The first-order valence-electron chi connectivity index (χ1n) is 10.3. The molecule has 9 heteroatoms. The third-order valence-electron chi connectivity index (χ3n) is 5.49. The number of nitrogens with one attached hydrogen (secondary N) is 1. The summed E-state index contributed by atoms with van der Waals surface area (Å²) in [6.07, 6.45) is 1.91. The lowest BCUT2D eigenvalue weighted by molar-refractivity contribution is -0.140. The average Bonchev–Trinajstić information content (AvgIpc) is 3.47. The van der Waals surface area contributed by atoms with Crippen LogP contribution in [0.3, 0.4) is 0 Å². The van der Waals surface area contributed by atoms with Gasteiger partial charge in [-0.1, -0.05) is 18.2 Å². The number of benzene rings is 1. The molecule has 2 aromatic heterocycles. The first-order chi connectivity index (χ1) is 16.0. The Kier molecular flexibility index (Phi) is 6.69. The Balaban J connectivity index is 1.65. The van der Waals surface area contributed by atoms with Gasteiger partial charge in [0.1, 0.15) is 17.6 Å². The van der Waals surface area contributed by atoms with E-state index in [-0.39, 0.29) is 24.5 Å². The molecule has 1 saturated heterocycles. The van der Waals surface area contributed by atoms with Crippen molar-refractivity contribution < 1.29 is 23.5 Å². The van der Waals surface area contributed by atoms with Crippen molar-refractivity contribution in [2.45, 2.75) is 18.5 Å². The van der Waals surface area contributed by atoms with E-state index in [2.05, 4.69) is 10.3 Å². The van der Waals surface area contributed by atoms with Crippen molar-refractivity contribution in [3.05, 3.63) is 77.8 Å². The molecule has 0 amide bonds. The largest absolute Gasteiger partial charge is 0.469 e. The summed E-state index contributed by atoms with van der Waals surface area (Å²) in [6.45, 7) is 0.371. The average molecular weight is 466 g/mol. The molecular weight excluding hydrogens is 442 g/mol. The third kappa shape index (κ3) is 4.73. The number of ether oxygens (including phenoxy) is 2. The van der Waals surface area contributed by atoms with Crippen LogP contribution in [0.25, 0.3) is 11.3 Å². The highest BCUT2D eigenvalue weighted by Crippen LogP contribution is 2.40. The number of thiocarbonyl (C=S) groups is 1. The zero-order valence-corrected chi connectivity index (χ0v) is 19.0. The second-order valence-electron chi connectivity index (χ2n) is 7.42. The van der Waals surface area contributed by atoms with Gasteiger partial charge in [0.25, 0.3) is 0 Å². The van der Waals surface area contributed by atoms with E-state index < -0.39 is 5.97 Å². The summed E-state index contributed by atoms with van der Waals surface area (Å²) in [5, 5.41) is 3.83. The maximum atomic E-state index is 11.8. The van der Waals surface area contributed by atoms with Crippen molar-refractivity contribution in [2.24, 2.45) is 0 Å². The molecule has 0 aliphatic carbocycles. The molecule has 2 atom stereocenters. The predicted molar refractivity (Wildman–Crippen MR) is 124 cm³/mol. The van der Waals surface area contributed by atoms with Crippen LogP contribution >= 0.6 is 12.2 Å². The normalized spacial score (nSPS) is 17.5. The first-order valence-corrected chi connectivity index (χ1v) is 10.8. The molecule has 0 spiro atoms. The molecule has 0 bridgehead atoms. The molecule has 3 aromatic rings. The molecule has 8 nitrogen and oxygen atoms in total. The lowest BCUT2D eigenvalue weighted by Crippen LogP contribution is -2.31. The van der Waals surface area contributed by atoms with E-state index in [9.17, 15) is 9.59 Å². The zero-order valence-electron chi connectivity index (χ0n) is 18.2. The highest BCUT2D eigenvalue weighted by atomic mass is 32.1. The SMILES string of the molecule is COC(=O)CCN1C(=S)NC(c2ccccn2)C1c1ccc(-c2ccc(C(=O)OC)cc2)o1. The van der Waals surface area contributed by atoms with Gasteiger partial charge < -0.3 is 24.1 Å². The monoisotopic (exact) mass is 465 g/mol. The van der Waals surface area contributed by atoms with E-state index in [1.807, 2.05) is 35.2 Å². The predicted octanol–water partition coefficient (Wildman–Crippen LogP) is 3.66. The van der Waals surface area contributed by atoms with Crippen molar-refractivity contribution >= 4 is 29.3 Å². The smallest absolute Gasteiger partial charge is 0.337 e. The van der Waals surface area contributed by atoms with Crippen LogP contribution < -0.4 is 5.32 Å². The Morgan fingerprint density at radius 1 is 1.09 bits per heavy atom. The summed E-state index contributed by atoms with van der Waals surface area (Å²) < 4.78 is 15.8. The van der Waals surface area contributed by atoms with Crippen LogP contribution in [-0.2, 0) is 14.3 Å². The maximum Gasteiger partial charge on any atom is 0.337 e. The van der Waals surface area contributed by atoms with E-state index in [1.165, 1.54) is 14.2 Å². The fraction of sp³-hybridized carbons (Fsp3) is 0.250. The summed E-state index contributed by atoms with van der Waals surface area (Å²) in [5.74, 6) is 0.608. The van der Waals surface area contributed by atoms with Gasteiger partial charge in [-0.15, -0.1) is 0 Å². The summed E-state index contributed by atoms with van der Waals surface area (Å²) in [4.78, 5) is 29.9. The van der Waals surface area contributed by atoms with Crippen molar-refractivity contribution in [1.82, 2.24) is 15.2 Å². The maximum absolute atomic E-state index is 11.8. The van der Waals surface area contributed by atoms with Crippen LogP contribution in [0.5, 0.6) is 0 Å². The Labute approximate surface area is 196 Å². The minimum Gasteiger partial charge on any atom is -0.469 e. The molecule has 1 aromatic carbocycles.